The molecule has 0 saturated heterocycles. The Bertz CT molecular complexity index is 2320. The molecule has 0 saturated carbocycles. The monoisotopic (exact) mass is 1600 g/mol. The van der Waals surface area contributed by atoms with Crippen molar-refractivity contribution in [3.63, 3.8) is 0 Å². The lowest BCUT2D eigenvalue weighted by Crippen LogP contribution is -2.12. The molecule has 0 aliphatic rings. The number of carbonyl (C=O) groups is 2. The van der Waals surface area contributed by atoms with Crippen LogP contribution >= 0.6 is 74.9 Å². The lowest BCUT2D eigenvalue weighted by molar-refractivity contribution is 0.0333. The van der Waals surface area contributed by atoms with Crippen LogP contribution < -0.4 is 17.2 Å². The van der Waals surface area contributed by atoms with Gasteiger partial charge in [0.05, 0.1) is 97.0 Å². The summed E-state index contributed by atoms with van der Waals surface area (Å²) in [6.07, 6.45) is 11.2. The highest BCUT2D eigenvalue weighted by Crippen LogP contribution is 2.28. The molecule has 106 heavy (non-hydrogen) atoms. The van der Waals surface area contributed by atoms with Crippen LogP contribution in [0.1, 0.15) is 156 Å². The first-order valence-electron chi connectivity index (χ1n) is 36.6. The van der Waals surface area contributed by atoms with Crippen LogP contribution in [0.3, 0.4) is 0 Å². The van der Waals surface area contributed by atoms with Gasteiger partial charge in [0.2, 0.25) is 0 Å². The predicted molar refractivity (Wildman–Crippen MR) is 463 cm³/mol. The zero-order valence-electron chi connectivity index (χ0n) is 65.9. The second kappa shape index (κ2) is 92.9. The molecule has 0 spiro atoms. The maximum absolute atomic E-state index is 10.3. The molecule has 6 aromatic carbocycles. The number of benzene rings is 6. The number of carboxylic acids is 2. The number of phenols is 1. The van der Waals surface area contributed by atoms with Gasteiger partial charge in [-0.2, -0.15) is 37.9 Å². The second-order valence-electron chi connectivity index (χ2n) is 22.3. The van der Waals surface area contributed by atoms with Gasteiger partial charge in [-0.15, -0.1) is 25.3 Å². The maximum Gasteiger partial charge on any atom is 0.335 e. The molecule has 0 aliphatic heterocycles. The van der Waals surface area contributed by atoms with Gasteiger partial charge in [-0.1, -0.05) is 150 Å². The van der Waals surface area contributed by atoms with Gasteiger partial charge in [0, 0.05) is 76.4 Å². The van der Waals surface area contributed by atoms with E-state index in [0.29, 0.717) is 85.0 Å². The minimum atomic E-state index is -1.06. The van der Waals surface area contributed by atoms with Crippen LogP contribution in [0.5, 0.6) is 5.75 Å². The van der Waals surface area contributed by atoms with Crippen molar-refractivity contribution in [1.29, 1.82) is 0 Å². The minimum Gasteiger partial charge on any atom is -0.508 e. The third kappa shape index (κ3) is 93.7. The Balaban J connectivity index is -0.000000261. The molecule has 18 nitrogen and oxygen atoms in total. The summed E-state index contributed by atoms with van der Waals surface area (Å²) in [6.45, 7) is 35.9. The van der Waals surface area contributed by atoms with Gasteiger partial charge in [0.15, 0.2) is 0 Å². The lowest BCUT2D eigenvalue weighted by Gasteiger charge is -2.02. The zero-order chi connectivity index (χ0) is 80.8. The van der Waals surface area contributed by atoms with Crippen molar-refractivity contribution < 1.29 is 73.0 Å². The average Bonchev–Trinajstić information content (AvgIpc) is 0.895. The Morgan fingerprint density at radius 3 is 0.868 bits per heavy atom. The fourth-order valence-corrected chi connectivity index (χ4v) is 8.02. The highest BCUT2D eigenvalue weighted by atomic mass is 32.2. The Kier molecular flexibility index (Phi) is 98.5. The summed E-state index contributed by atoms with van der Waals surface area (Å²) in [7, 11) is 0. The standard InChI is InChI=1S/C13H12S2.C8H6O4.C7H17NO2.C7H9N.C7H16O3.2C7H16O2S.C7H8O.C7H8S.C4H11N.C4H10O.C4H10S/c1-10-2-6-12(7-3-10)15-13-8-4-11(14)5-9-13;9-7(10)5-1-2-6(4-3-5)8(11)12;1-2-4-9-6-7-10-5-3-8;1-6-2-4-7(8)5-3-6;1-2-4-9-6-7-10-5-3-8;2*1-2-3-8-4-5-9-6-7-10;2*1-6-2-4-7(8)5-3-6;3*1-2-3-4-5/h2-9,14H,1H3;1-4H,(H,9,10)(H,11,12);2-8H2,1H3;2-5H,8H2,1H3;8H,2-7H2,1H3;2*10H,2-7H2,1H3;2*2-5,8H,1H3;2-5H2,1H3;2*5H,2-4H2,1H3. The number of hydrogen-bond acceptors (Lipinski definition) is 22. The molecule has 0 aliphatic carbocycles. The number of carboxylic acid groups (broad SMARTS) is 2. The summed E-state index contributed by atoms with van der Waals surface area (Å²) < 4.78 is 40.9. The number of aromatic hydroxyl groups is 1. The van der Waals surface area contributed by atoms with Gasteiger partial charge in [-0.3, -0.25) is 0 Å². The van der Waals surface area contributed by atoms with Gasteiger partial charge in [0.1, 0.15) is 5.75 Å². The minimum absolute atomic E-state index is 0.0833. The predicted octanol–water partition coefficient (Wildman–Crippen LogP) is 17.8. The summed E-state index contributed by atoms with van der Waals surface area (Å²) in [5.41, 5.74) is 21.8. The maximum atomic E-state index is 10.3. The fourth-order valence-electron chi connectivity index (χ4n) is 6.33. The lowest BCUT2D eigenvalue weighted by atomic mass is 10.1. The number of aryl methyl sites for hydroxylation is 4. The average molecular weight is 1600 g/mol. The van der Waals surface area contributed by atoms with E-state index in [1.807, 2.05) is 86.6 Å². The molecule has 11 N–H and O–H groups in total. The van der Waals surface area contributed by atoms with Crippen molar-refractivity contribution in [1.82, 2.24) is 0 Å². The Hall–Kier alpha value is -4.52. The third-order valence-electron chi connectivity index (χ3n) is 12.0. The molecule has 0 atom stereocenters. The van der Waals surface area contributed by atoms with Crippen molar-refractivity contribution in [2.75, 3.05) is 155 Å². The van der Waals surface area contributed by atoms with E-state index in [1.54, 1.807) is 23.9 Å². The number of anilines is 1. The van der Waals surface area contributed by atoms with Crippen LogP contribution in [-0.2, 0) is 37.9 Å². The van der Waals surface area contributed by atoms with Gasteiger partial charge in [-0.05, 0) is 182 Å². The number of rotatable bonds is 38. The van der Waals surface area contributed by atoms with E-state index in [2.05, 4.69) is 162 Å². The number of nitrogen functional groups attached to an aromatic ring is 1. The highest BCUT2D eigenvalue weighted by Gasteiger charge is 2.05. The Morgan fingerprint density at radius 1 is 0.349 bits per heavy atom. The quantitative estimate of drug-likeness (QED) is 0.00974. The van der Waals surface area contributed by atoms with Crippen LogP contribution in [-0.4, -0.2) is 187 Å². The largest absolute Gasteiger partial charge is 0.508 e. The van der Waals surface area contributed by atoms with Gasteiger partial charge in [0.25, 0.3) is 0 Å². The number of hydrogen-bond donors (Lipinski definition) is 13. The van der Waals surface area contributed by atoms with Gasteiger partial charge >= 0.3 is 11.9 Å². The molecule has 608 valence electrons. The van der Waals surface area contributed by atoms with Crippen molar-refractivity contribution in [3.05, 3.63) is 179 Å². The molecule has 0 amide bonds. The van der Waals surface area contributed by atoms with E-state index in [9.17, 15) is 9.59 Å². The van der Waals surface area contributed by atoms with E-state index in [1.165, 1.54) is 82.0 Å². The second-order valence-corrected chi connectivity index (χ2v) is 25.9. The number of ether oxygens (including phenoxy) is 8. The molecule has 6 rings (SSSR count). The fraction of sp³-hybridized carbons (Fsp3) is 0.537. The molecule has 0 fully saturated rings. The van der Waals surface area contributed by atoms with Gasteiger partial charge < -0.3 is 80.6 Å². The summed E-state index contributed by atoms with van der Waals surface area (Å²) >= 11 is 22.2. The van der Waals surface area contributed by atoms with Crippen molar-refractivity contribution in [2.45, 2.75) is 160 Å². The summed E-state index contributed by atoms with van der Waals surface area (Å²) in [5.74, 6) is 0.812. The topological polar surface area (TPSA) is 287 Å². The molecule has 6 aromatic rings. The molecule has 0 radical (unpaired) electrons. The molecular formula is C82H139N3O15S6. The number of aliphatic hydroxyl groups is 2. The van der Waals surface area contributed by atoms with Gasteiger partial charge in [-0.25, -0.2) is 9.59 Å². The molecule has 0 bridgehead atoms. The smallest absolute Gasteiger partial charge is 0.335 e. The summed E-state index contributed by atoms with van der Waals surface area (Å²) in [5, 5.41) is 42.1. The number of aromatic carboxylic acids is 2. The van der Waals surface area contributed by atoms with E-state index in [-0.39, 0.29) is 17.7 Å². The van der Waals surface area contributed by atoms with E-state index < -0.39 is 11.9 Å². The number of unbranched alkanes of at least 4 members (excludes halogenated alkanes) is 3. The number of aliphatic hydroxyl groups excluding tert-OH is 2. The van der Waals surface area contributed by atoms with E-state index in [0.717, 1.165) is 117 Å². The summed E-state index contributed by atoms with van der Waals surface area (Å²) in [6, 6.07) is 44.7. The zero-order valence-corrected chi connectivity index (χ0v) is 71.2. The van der Waals surface area contributed by atoms with Crippen LogP contribution in [0.25, 0.3) is 0 Å². The van der Waals surface area contributed by atoms with Crippen molar-refractivity contribution in [2.24, 2.45) is 11.5 Å². The van der Waals surface area contributed by atoms with E-state index in [4.69, 9.17) is 80.6 Å². The highest BCUT2D eigenvalue weighted by molar-refractivity contribution is 7.99. The Morgan fingerprint density at radius 2 is 0.642 bits per heavy atom. The first kappa shape index (κ1) is 112. The molecule has 0 aromatic heterocycles. The SMILES string of the molecule is CCCCN.CCCCO.CCCCS.CCCOCCOCCN.CCCOCCOCCO.CCCOCCOCCS.CCCOCCOCCS.Cc1ccc(N)cc1.Cc1ccc(O)cc1.Cc1ccc(S)cc1.Cc1ccc(Sc2ccc(S)cc2)cc1.O=C(O)c1ccc(C(=O)O)cc1. The van der Waals surface area contributed by atoms with Crippen LogP contribution in [0.15, 0.2) is 165 Å². The normalized spacial score (nSPS) is 9.62. The number of phenolic OH excluding ortho intramolecular Hbond substituents is 1. The number of thiol groups is 5. The molecule has 0 unspecified atom stereocenters. The van der Waals surface area contributed by atoms with Crippen LogP contribution in [0.4, 0.5) is 5.69 Å². The first-order chi connectivity index (χ1) is 51.1. The van der Waals surface area contributed by atoms with E-state index >= 15 is 0 Å². The van der Waals surface area contributed by atoms with Crippen LogP contribution in [0, 0.1) is 27.7 Å². The Labute approximate surface area is 672 Å². The third-order valence-corrected chi connectivity index (χ3v) is 14.3. The summed E-state index contributed by atoms with van der Waals surface area (Å²) in [4.78, 5) is 25.2. The van der Waals surface area contributed by atoms with Crippen LogP contribution in [0.2, 0.25) is 0 Å². The van der Waals surface area contributed by atoms with Crippen molar-refractivity contribution in [3.8, 4) is 5.75 Å². The molecular weight excluding hydrogens is 1460 g/mol. The van der Waals surface area contributed by atoms with Crippen molar-refractivity contribution >= 4 is 92.5 Å². The molecule has 0 heterocycles. The molecule has 24 heteroatoms. The first-order valence-corrected chi connectivity index (χ1v) is 40.2. The number of nitrogens with two attached hydrogens (primary N) is 3.